The minimum atomic E-state index is -0.673. The molecule has 0 bridgehead atoms. The molecule has 2 aromatic rings. The van der Waals surface area contributed by atoms with E-state index in [9.17, 15) is 14.7 Å². The molecule has 1 amide bonds. The van der Waals surface area contributed by atoms with E-state index in [1.165, 1.54) is 4.90 Å². The molecule has 1 fully saturated rings. The summed E-state index contributed by atoms with van der Waals surface area (Å²) in [5.74, 6) is -0.0956. The number of hydrogen-bond acceptors (Lipinski definition) is 5. The smallest absolute Gasteiger partial charge is 0.295 e. The number of amides is 1. The van der Waals surface area contributed by atoms with Crippen LogP contribution in [-0.4, -0.2) is 41.5 Å². The van der Waals surface area contributed by atoms with Gasteiger partial charge in [0.1, 0.15) is 17.3 Å². The minimum absolute atomic E-state index is 0.0960. The third-order valence-electron chi connectivity index (χ3n) is 5.63. The van der Waals surface area contributed by atoms with Gasteiger partial charge in [-0.05, 0) is 61.7 Å². The van der Waals surface area contributed by atoms with E-state index in [1.54, 1.807) is 24.3 Å². The number of unbranched alkanes of at least 4 members (excludes halogenated alkanes) is 2. The molecular formula is C27H33NO5. The molecule has 1 atom stereocenters. The van der Waals surface area contributed by atoms with E-state index in [1.807, 2.05) is 38.1 Å². The van der Waals surface area contributed by atoms with Crippen LogP contribution in [0.5, 0.6) is 11.5 Å². The fraction of sp³-hybridized carbons (Fsp3) is 0.407. The fourth-order valence-electron chi connectivity index (χ4n) is 4.05. The van der Waals surface area contributed by atoms with Crippen LogP contribution in [0.2, 0.25) is 0 Å². The predicted molar refractivity (Wildman–Crippen MR) is 128 cm³/mol. The summed E-state index contributed by atoms with van der Waals surface area (Å²) in [6, 6.07) is 13.6. The van der Waals surface area contributed by atoms with Crippen LogP contribution in [0, 0.1) is 0 Å². The Kier molecular flexibility index (Phi) is 8.52. The van der Waals surface area contributed by atoms with Gasteiger partial charge in [0.25, 0.3) is 11.7 Å². The number of nitrogens with zero attached hydrogens (tertiary/aromatic N) is 1. The summed E-state index contributed by atoms with van der Waals surface area (Å²) in [7, 11) is 0. The molecule has 0 aromatic heterocycles. The van der Waals surface area contributed by atoms with Crippen molar-refractivity contribution in [1.82, 2.24) is 4.90 Å². The van der Waals surface area contributed by atoms with E-state index in [-0.39, 0.29) is 11.3 Å². The van der Waals surface area contributed by atoms with Crippen molar-refractivity contribution in [3.8, 4) is 11.5 Å². The molecule has 1 aliphatic heterocycles. The van der Waals surface area contributed by atoms with Crippen molar-refractivity contribution in [2.75, 3.05) is 19.8 Å². The topological polar surface area (TPSA) is 76.1 Å². The number of aliphatic hydroxyl groups is 1. The first kappa shape index (κ1) is 24.4. The molecule has 6 heteroatoms. The van der Waals surface area contributed by atoms with Crippen LogP contribution in [0.1, 0.15) is 63.6 Å². The van der Waals surface area contributed by atoms with Crippen LogP contribution in [0.4, 0.5) is 0 Å². The van der Waals surface area contributed by atoms with Gasteiger partial charge in [0, 0.05) is 12.1 Å². The van der Waals surface area contributed by atoms with Crippen molar-refractivity contribution < 1.29 is 24.2 Å². The zero-order valence-corrected chi connectivity index (χ0v) is 19.7. The number of carbonyl (C=O) groups excluding carboxylic acids is 2. The van der Waals surface area contributed by atoms with Gasteiger partial charge in [-0.1, -0.05) is 38.8 Å². The molecule has 1 saturated heterocycles. The monoisotopic (exact) mass is 451 g/mol. The fourth-order valence-corrected chi connectivity index (χ4v) is 4.05. The second-order valence-electron chi connectivity index (χ2n) is 8.08. The first-order valence-electron chi connectivity index (χ1n) is 11.8. The zero-order valence-electron chi connectivity index (χ0n) is 19.7. The molecule has 33 heavy (non-hydrogen) atoms. The molecule has 1 heterocycles. The Hall–Kier alpha value is -3.28. The first-order chi connectivity index (χ1) is 16.0. The first-order valence-corrected chi connectivity index (χ1v) is 11.8. The van der Waals surface area contributed by atoms with Gasteiger partial charge in [0.2, 0.25) is 0 Å². The van der Waals surface area contributed by atoms with E-state index in [4.69, 9.17) is 9.47 Å². The second kappa shape index (κ2) is 11.5. The SMILES string of the molecule is CCCCCOc1ccc(/C(O)=C2/C(=O)C(=O)N(CCC)C2c2cccc(OCC)c2)cc1. The lowest BCUT2D eigenvalue weighted by Crippen LogP contribution is -2.30. The third-order valence-corrected chi connectivity index (χ3v) is 5.63. The Morgan fingerprint density at radius 3 is 2.36 bits per heavy atom. The molecule has 176 valence electrons. The Labute approximate surface area is 195 Å². The van der Waals surface area contributed by atoms with Gasteiger partial charge in [0.05, 0.1) is 24.8 Å². The highest BCUT2D eigenvalue weighted by atomic mass is 16.5. The van der Waals surface area contributed by atoms with E-state index < -0.39 is 17.7 Å². The Balaban J connectivity index is 1.97. The maximum absolute atomic E-state index is 13.0. The van der Waals surface area contributed by atoms with Gasteiger partial charge in [0.15, 0.2) is 0 Å². The number of likely N-dealkylation sites (tertiary alicyclic amines) is 1. The lowest BCUT2D eigenvalue weighted by Gasteiger charge is -2.25. The van der Waals surface area contributed by atoms with Crippen molar-refractivity contribution in [3.63, 3.8) is 0 Å². The molecule has 0 spiro atoms. The molecule has 1 unspecified atom stereocenters. The quantitative estimate of drug-likeness (QED) is 0.212. The summed E-state index contributed by atoms with van der Waals surface area (Å²) in [4.78, 5) is 27.4. The summed E-state index contributed by atoms with van der Waals surface area (Å²) in [5.41, 5.74) is 1.29. The molecule has 2 aromatic carbocycles. The van der Waals surface area contributed by atoms with Crippen molar-refractivity contribution in [1.29, 1.82) is 0 Å². The van der Waals surface area contributed by atoms with Crippen molar-refractivity contribution >= 4 is 17.4 Å². The van der Waals surface area contributed by atoms with Crippen LogP contribution >= 0.6 is 0 Å². The number of benzene rings is 2. The largest absolute Gasteiger partial charge is 0.507 e. The predicted octanol–water partition coefficient (Wildman–Crippen LogP) is 5.49. The Bertz CT molecular complexity index is 996. The number of Topliss-reactive ketones (excluding diaryl/α,β-unsaturated/α-hetero) is 1. The highest BCUT2D eigenvalue weighted by molar-refractivity contribution is 6.46. The van der Waals surface area contributed by atoms with Crippen LogP contribution < -0.4 is 9.47 Å². The van der Waals surface area contributed by atoms with Gasteiger partial charge in [-0.2, -0.15) is 0 Å². The zero-order chi connectivity index (χ0) is 23.8. The van der Waals surface area contributed by atoms with E-state index >= 15 is 0 Å². The normalized spacial score (nSPS) is 17.4. The summed E-state index contributed by atoms with van der Waals surface area (Å²) >= 11 is 0. The average molecular weight is 452 g/mol. The minimum Gasteiger partial charge on any atom is -0.507 e. The maximum atomic E-state index is 13.0. The molecule has 0 radical (unpaired) electrons. The highest BCUT2D eigenvalue weighted by Crippen LogP contribution is 2.40. The molecular weight excluding hydrogens is 418 g/mol. The number of hydrogen-bond donors (Lipinski definition) is 1. The maximum Gasteiger partial charge on any atom is 0.295 e. The van der Waals surface area contributed by atoms with Gasteiger partial charge in [-0.3, -0.25) is 9.59 Å². The Morgan fingerprint density at radius 2 is 1.70 bits per heavy atom. The summed E-state index contributed by atoms with van der Waals surface area (Å²) in [5, 5.41) is 11.1. The number of aliphatic hydroxyl groups excluding tert-OH is 1. The number of ether oxygens (including phenoxy) is 2. The molecule has 1 aliphatic rings. The molecule has 0 saturated carbocycles. The van der Waals surface area contributed by atoms with Crippen LogP contribution in [-0.2, 0) is 9.59 Å². The van der Waals surface area contributed by atoms with Crippen LogP contribution in [0.25, 0.3) is 5.76 Å². The van der Waals surface area contributed by atoms with E-state index in [2.05, 4.69) is 6.92 Å². The lowest BCUT2D eigenvalue weighted by molar-refractivity contribution is -0.139. The van der Waals surface area contributed by atoms with Crippen LogP contribution in [0.15, 0.2) is 54.1 Å². The van der Waals surface area contributed by atoms with Crippen LogP contribution in [0.3, 0.4) is 0 Å². The number of carbonyl (C=O) groups is 2. The van der Waals surface area contributed by atoms with Crippen molar-refractivity contribution in [3.05, 3.63) is 65.2 Å². The van der Waals surface area contributed by atoms with Gasteiger partial charge >= 0.3 is 0 Å². The summed E-state index contributed by atoms with van der Waals surface area (Å²) in [6.07, 6.45) is 3.92. The second-order valence-corrected chi connectivity index (χ2v) is 8.08. The summed E-state index contributed by atoms with van der Waals surface area (Å²) < 4.78 is 11.4. The number of ketones is 1. The van der Waals surface area contributed by atoms with Gasteiger partial charge in [-0.15, -0.1) is 0 Å². The molecule has 3 rings (SSSR count). The standard InChI is InChI=1S/C27H33NO5/c1-4-7-8-17-33-21-14-12-19(13-15-21)25(29)23-24(28(16-5-2)27(31)26(23)30)20-10-9-11-22(18-20)32-6-3/h9-15,18,24,29H,4-8,16-17H2,1-3H3/b25-23-. The average Bonchev–Trinajstić information content (AvgIpc) is 3.07. The van der Waals surface area contributed by atoms with E-state index in [0.717, 1.165) is 24.8 Å². The third kappa shape index (κ3) is 5.56. The lowest BCUT2D eigenvalue weighted by atomic mass is 9.95. The van der Waals surface area contributed by atoms with Gasteiger partial charge < -0.3 is 19.5 Å². The highest BCUT2D eigenvalue weighted by Gasteiger charge is 2.45. The number of rotatable bonds is 11. The Morgan fingerprint density at radius 1 is 0.939 bits per heavy atom. The molecule has 6 nitrogen and oxygen atoms in total. The summed E-state index contributed by atoms with van der Waals surface area (Å²) in [6.45, 7) is 7.54. The van der Waals surface area contributed by atoms with Crippen molar-refractivity contribution in [2.45, 2.75) is 52.5 Å². The van der Waals surface area contributed by atoms with Crippen molar-refractivity contribution in [2.24, 2.45) is 0 Å². The van der Waals surface area contributed by atoms with Gasteiger partial charge in [-0.25, -0.2) is 0 Å². The van der Waals surface area contributed by atoms with E-state index in [0.29, 0.717) is 43.2 Å². The molecule has 0 aliphatic carbocycles. The molecule has 1 N–H and O–H groups in total.